The number of alkyl halides is 3. The van der Waals surface area contributed by atoms with Gasteiger partial charge in [-0.2, -0.15) is 13.2 Å². The standard InChI is InChI=1S/C21H18F3NO5/c1-28-16-6-2-14(3-7-16)11-25(13-21(22,23)24)19(26)12-29-17-8-4-15-5-9-20(27)30-18(15)10-17/h2-10H,11-13H2,1H3. The Kier molecular flexibility index (Phi) is 6.29. The number of benzene rings is 2. The number of halogens is 3. The van der Waals surface area contributed by atoms with Crippen LogP contribution in [0.1, 0.15) is 5.56 Å². The van der Waals surface area contributed by atoms with E-state index in [1.54, 1.807) is 36.4 Å². The third kappa shape index (κ3) is 5.76. The van der Waals surface area contributed by atoms with Crippen LogP contribution >= 0.6 is 0 Å². The van der Waals surface area contributed by atoms with Gasteiger partial charge in [-0.25, -0.2) is 4.79 Å². The van der Waals surface area contributed by atoms with Gasteiger partial charge in [0.1, 0.15) is 23.6 Å². The van der Waals surface area contributed by atoms with Crippen molar-refractivity contribution < 1.29 is 31.9 Å². The quantitative estimate of drug-likeness (QED) is 0.544. The highest BCUT2D eigenvalue weighted by molar-refractivity contribution is 5.79. The molecule has 1 aromatic heterocycles. The van der Waals surface area contributed by atoms with Crippen molar-refractivity contribution in [3.05, 3.63) is 70.6 Å². The first-order valence-corrected chi connectivity index (χ1v) is 8.88. The van der Waals surface area contributed by atoms with Crippen molar-refractivity contribution in [3.8, 4) is 11.5 Å². The molecule has 158 valence electrons. The van der Waals surface area contributed by atoms with E-state index in [4.69, 9.17) is 13.9 Å². The van der Waals surface area contributed by atoms with E-state index in [0.717, 1.165) is 0 Å². The predicted octanol–water partition coefficient (Wildman–Crippen LogP) is 3.77. The predicted molar refractivity (Wildman–Crippen MR) is 102 cm³/mol. The zero-order chi connectivity index (χ0) is 21.7. The lowest BCUT2D eigenvalue weighted by atomic mass is 10.2. The Bertz CT molecular complexity index is 1080. The lowest BCUT2D eigenvalue weighted by Crippen LogP contribution is -2.41. The molecule has 1 heterocycles. The number of fused-ring (bicyclic) bond motifs is 1. The molecule has 0 atom stereocenters. The van der Waals surface area contributed by atoms with Crippen molar-refractivity contribution in [2.24, 2.45) is 0 Å². The number of ether oxygens (including phenoxy) is 2. The van der Waals surface area contributed by atoms with Crippen LogP contribution in [0.4, 0.5) is 13.2 Å². The first-order chi connectivity index (χ1) is 14.2. The summed E-state index contributed by atoms with van der Waals surface area (Å²) >= 11 is 0. The van der Waals surface area contributed by atoms with Crippen LogP contribution in [0.5, 0.6) is 11.5 Å². The largest absolute Gasteiger partial charge is 0.497 e. The fraction of sp³-hybridized carbons (Fsp3) is 0.238. The number of methoxy groups -OCH3 is 1. The average molecular weight is 421 g/mol. The normalized spacial score (nSPS) is 11.3. The third-order valence-electron chi connectivity index (χ3n) is 4.21. The zero-order valence-electron chi connectivity index (χ0n) is 15.9. The molecule has 0 aliphatic rings. The Morgan fingerprint density at radius 3 is 2.37 bits per heavy atom. The molecule has 0 bridgehead atoms. The minimum Gasteiger partial charge on any atom is -0.497 e. The molecule has 0 radical (unpaired) electrons. The Morgan fingerprint density at radius 1 is 1.03 bits per heavy atom. The third-order valence-corrected chi connectivity index (χ3v) is 4.21. The van der Waals surface area contributed by atoms with Crippen molar-refractivity contribution in [1.29, 1.82) is 0 Å². The molecule has 0 fully saturated rings. The highest BCUT2D eigenvalue weighted by Gasteiger charge is 2.33. The maximum Gasteiger partial charge on any atom is 0.406 e. The number of amides is 1. The molecule has 0 saturated carbocycles. The van der Waals surface area contributed by atoms with Crippen molar-refractivity contribution in [2.45, 2.75) is 12.7 Å². The van der Waals surface area contributed by atoms with Gasteiger partial charge < -0.3 is 18.8 Å². The molecular formula is C21H18F3NO5. The second-order valence-electron chi connectivity index (χ2n) is 6.46. The van der Waals surface area contributed by atoms with Gasteiger partial charge in [0, 0.05) is 24.1 Å². The highest BCUT2D eigenvalue weighted by Crippen LogP contribution is 2.22. The molecule has 30 heavy (non-hydrogen) atoms. The summed E-state index contributed by atoms with van der Waals surface area (Å²) in [6.07, 6.45) is -4.56. The van der Waals surface area contributed by atoms with Gasteiger partial charge in [-0.05, 0) is 35.9 Å². The summed E-state index contributed by atoms with van der Waals surface area (Å²) in [7, 11) is 1.48. The number of nitrogens with zero attached hydrogens (tertiary/aromatic N) is 1. The van der Waals surface area contributed by atoms with Crippen LogP contribution in [-0.2, 0) is 11.3 Å². The van der Waals surface area contributed by atoms with Crippen LogP contribution in [-0.4, -0.2) is 37.2 Å². The van der Waals surface area contributed by atoms with E-state index in [9.17, 15) is 22.8 Å². The Morgan fingerprint density at radius 2 is 1.70 bits per heavy atom. The zero-order valence-corrected chi connectivity index (χ0v) is 15.9. The van der Waals surface area contributed by atoms with Crippen molar-refractivity contribution in [2.75, 3.05) is 20.3 Å². The van der Waals surface area contributed by atoms with E-state index in [1.165, 1.54) is 25.3 Å². The fourth-order valence-corrected chi connectivity index (χ4v) is 2.77. The van der Waals surface area contributed by atoms with E-state index in [1.807, 2.05) is 0 Å². The summed E-state index contributed by atoms with van der Waals surface area (Å²) in [4.78, 5) is 24.4. The molecule has 3 rings (SSSR count). The van der Waals surface area contributed by atoms with Gasteiger partial charge >= 0.3 is 11.8 Å². The van der Waals surface area contributed by atoms with Crippen molar-refractivity contribution in [1.82, 2.24) is 4.90 Å². The van der Waals surface area contributed by atoms with Gasteiger partial charge in [-0.1, -0.05) is 12.1 Å². The lowest BCUT2D eigenvalue weighted by molar-refractivity contribution is -0.163. The molecule has 0 spiro atoms. The van der Waals surface area contributed by atoms with Crippen LogP contribution in [0.3, 0.4) is 0 Å². The molecule has 9 heteroatoms. The number of hydrogen-bond donors (Lipinski definition) is 0. The van der Waals surface area contributed by atoms with E-state index >= 15 is 0 Å². The molecule has 0 aliphatic heterocycles. The van der Waals surface area contributed by atoms with Crippen LogP contribution in [0.15, 0.2) is 63.8 Å². The topological polar surface area (TPSA) is 69.0 Å². The van der Waals surface area contributed by atoms with Crippen LogP contribution in [0.2, 0.25) is 0 Å². The highest BCUT2D eigenvalue weighted by atomic mass is 19.4. The van der Waals surface area contributed by atoms with Crippen molar-refractivity contribution in [3.63, 3.8) is 0 Å². The van der Waals surface area contributed by atoms with Gasteiger partial charge in [-0.3, -0.25) is 4.79 Å². The van der Waals surface area contributed by atoms with Gasteiger partial charge in [0.05, 0.1) is 7.11 Å². The maximum atomic E-state index is 13.0. The number of rotatable bonds is 7. The van der Waals surface area contributed by atoms with Crippen LogP contribution in [0, 0.1) is 0 Å². The second-order valence-corrected chi connectivity index (χ2v) is 6.46. The molecule has 2 aromatic carbocycles. The van der Waals surface area contributed by atoms with E-state index in [0.29, 0.717) is 21.6 Å². The fourth-order valence-electron chi connectivity index (χ4n) is 2.77. The Labute approximate surface area is 169 Å². The maximum absolute atomic E-state index is 13.0. The summed E-state index contributed by atoms with van der Waals surface area (Å²) in [5, 5.41) is 0.645. The first kappa shape index (κ1) is 21.2. The molecule has 3 aromatic rings. The number of carbonyl (C=O) groups excluding carboxylic acids is 1. The minimum atomic E-state index is -4.56. The average Bonchev–Trinajstić information content (AvgIpc) is 2.70. The molecule has 1 amide bonds. The molecule has 6 nitrogen and oxygen atoms in total. The first-order valence-electron chi connectivity index (χ1n) is 8.88. The summed E-state index contributed by atoms with van der Waals surface area (Å²) in [6, 6.07) is 13.8. The van der Waals surface area contributed by atoms with Gasteiger partial charge in [0.15, 0.2) is 6.61 Å². The van der Waals surface area contributed by atoms with Gasteiger partial charge in [0.2, 0.25) is 0 Å². The van der Waals surface area contributed by atoms with E-state index in [-0.39, 0.29) is 17.9 Å². The molecule has 0 unspecified atom stereocenters. The summed E-state index contributed by atoms with van der Waals surface area (Å²) in [5.74, 6) is -0.0851. The second kappa shape index (κ2) is 8.89. The molecular weight excluding hydrogens is 403 g/mol. The molecule has 0 N–H and O–H groups in total. The monoisotopic (exact) mass is 421 g/mol. The Hall–Kier alpha value is -3.49. The van der Waals surface area contributed by atoms with E-state index in [2.05, 4.69) is 0 Å². The van der Waals surface area contributed by atoms with Gasteiger partial charge in [0.25, 0.3) is 5.91 Å². The van der Waals surface area contributed by atoms with Gasteiger partial charge in [-0.15, -0.1) is 0 Å². The lowest BCUT2D eigenvalue weighted by Gasteiger charge is -2.24. The van der Waals surface area contributed by atoms with E-state index < -0.39 is 30.9 Å². The van der Waals surface area contributed by atoms with Crippen molar-refractivity contribution >= 4 is 16.9 Å². The smallest absolute Gasteiger partial charge is 0.406 e. The molecule has 0 aliphatic carbocycles. The van der Waals surface area contributed by atoms with Crippen LogP contribution in [0.25, 0.3) is 11.0 Å². The number of hydrogen-bond acceptors (Lipinski definition) is 5. The minimum absolute atomic E-state index is 0.196. The summed E-state index contributed by atoms with van der Waals surface area (Å²) in [5.41, 5.74) is 0.213. The molecule has 0 saturated heterocycles. The van der Waals surface area contributed by atoms with Crippen LogP contribution < -0.4 is 15.1 Å². The SMILES string of the molecule is COc1ccc(CN(CC(F)(F)F)C(=O)COc2ccc3ccc(=O)oc3c2)cc1. The summed E-state index contributed by atoms with van der Waals surface area (Å²) in [6.45, 7) is -2.25. The Balaban J connectivity index is 1.71. The number of carbonyl (C=O) groups is 1. The summed E-state index contributed by atoms with van der Waals surface area (Å²) < 4.78 is 54.3.